The van der Waals surface area contributed by atoms with Crippen LogP contribution in [0.3, 0.4) is 0 Å². The summed E-state index contributed by atoms with van der Waals surface area (Å²) < 4.78 is 13.6. The van der Waals surface area contributed by atoms with Crippen molar-refractivity contribution >= 4 is 21.8 Å². The van der Waals surface area contributed by atoms with Crippen molar-refractivity contribution in [2.75, 3.05) is 53.4 Å². The highest BCUT2D eigenvalue weighted by molar-refractivity contribution is 9.10. The molecule has 1 aromatic carbocycles. The molecule has 1 amide bonds. The van der Waals surface area contributed by atoms with E-state index >= 15 is 0 Å². The Bertz CT molecular complexity index is 502. The standard InChI is InChI=1S/C15H21BrFN3O/c1-18(2)5-6-19-7-9-20(10-8-19)15(21)13-4-3-12(17)11-14(13)16/h3-4,11H,5-10H2,1-2H3. The zero-order valence-electron chi connectivity index (χ0n) is 12.5. The number of hydrogen-bond donors (Lipinski definition) is 0. The molecule has 1 heterocycles. The fourth-order valence-corrected chi connectivity index (χ4v) is 2.87. The molecule has 0 N–H and O–H groups in total. The topological polar surface area (TPSA) is 26.8 Å². The summed E-state index contributed by atoms with van der Waals surface area (Å²) in [4.78, 5) is 18.8. The zero-order valence-corrected chi connectivity index (χ0v) is 14.1. The van der Waals surface area contributed by atoms with Gasteiger partial charge in [0.25, 0.3) is 5.91 Å². The molecule has 0 atom stereocenters. The van der Waals surface area contributed by atoms with Gasteiger partial charge in [-0.05, 0) is 48.2 Å². The minimum atomic E-state index is -0.341. The van der Waals surface area contributed by atoms with Gasteiger partial charge < -0.3 is 9.80 Å². The Morgan fingerprint density at radius 3 is 2.52 bits per heavy atom. The maximum absolute atomic E-state index is 13.1. The van der Waals surface area contributed by atoms with E-state index in [0.29, 0.717) is 10.0 Å². The number of likely N-dealkylation sites (N-methyl/N-ethyl adjacent to an activating group) is 1. The molecule has 0 bridgehead atoms. The van der Waals surface area contributed by atoms with Gasteiger partial charge in [-0.1, -0.05) is 0 Å². The molecule has 0 spiro atoms. The van der Waals surface area contributed by atoms with Crippen LogP contribution >= 0.6 is 15.9 Å². The molecule has 0 unspecified atom stereocenters. The number of hydrogen-bond acceptors (Lipinski definition) is 3. The molecule has 1 aliphatic rings. The van der Waals surface area contributed by atoms with Crippen LogP contribution in [0.1, 0.15) is 10.4 Å². The van der Waals surface area contributed by atoms with E-state index in [0.717, 1.165) is 39.3 Å². The van der Waals surface area contributed by atoms with Crippen LogP contribution in [0, 0.1) is 5.82 Å². The highest BCUT2D eigenvalue weighted by atomic mass is 79.9. The number of piperazine rings is 1. The van der Waals surface area contributed by atoms with Crippen LogP contribution in [-0.4, -0.2) is 74.0 Å². The lowest BCUT2D eigenvalue weighted by Crippen LogP contribution is -2.50. The molecular weight excluding hydrogens is 337 g/mol. The Morgan fingerprint density at radius 2 is 1.95 bits per heavy atom. The number of rotatable bonds is 4. The van der Waals surface area contributed by atoms with Crippen LogP contribution in [0.25, 0.3) is 0 Å². The van der Waals surface area contributed by atoms with Crippen molar-refractivity contribution in [3.8, 4) is 0 Å². The first kappa shape index (κ1) is 16.4. The monoisotopic (exact) mass is 357 g/mol. The van der Waals surface area contributed by atoms with Gasteiger partial charge in [-0.2, -0.15) is 0 Å². The van der Waals surface area contributed by atoms with Crippen molar-refractivity contribution in [1.82, 2.24) is 14.7 Å². The lowest BCUT2D eigenvalue weighted by Gasteiger charge is -2.35. The second-order valence-electron chi connectivity index (χ2n) is 5.56. The van der Waals surface area contributed by atoms with E-state index in [1.807, 2.05) is 4.90 Å². The minimum absolute atomic E-state index is 0.0332. The molecule has 1 aromatic rings. The van der Waals surface area contributed by atoms with Gasteiger partial charge in [0.05, 0.1) is 5.56 Å². The molecule has 0 saturated carbocycles. The van der Waals surface area contributed by atoms with Crippen LogP contribution < -0.4 is 0 Å². The van der Waals surface area contributed by atoms with Crippen molar-refractivity contribution in [3.05, 3.63) is 34.1 Å². The second kappa shape index (κ2) is 7.33. The molecule has 1 saturated heterocycles. The summed E-state index contributed by atoms with van der Waals surface area (Å²) in [5, 5.41) is 0. The maximum Gasteiger partial charge on any atom is 0.255 e. The van der Waals surface area contributed by atoms with E-state index in [1.54, 1.807) is 6.07 Å². The summed E-state index contributed by atoms with van der Waals surface area (Å²) in [7, 11) is 4.12. The molecule has 1 aliphatic heterocycles. The van der Waals surface area contributed by atoms with Crippen LogP contribution in [0.5, 0.6) is 0 Å². The smallest absolute Gasteiger partial charge is 0.255 e. The van der Waals surface area contributed by atoms with E-state index in [-0.39, 0.29) is 11.7 Å². The van der Waals surface area contributed by atoms with Gasteiger partial charge >= 0.3 is 0 Å². The van der Waals surface area contributed by atoms with E-state index in [4.69, 9.17) is 0 Å². The third-order valence-electron chi connectivity index (χ3n) is 3.68. The van der Waals surface area contributed by atoms with Crippen molar-refractivity contribution in [2.24, 2.45) is 0 Å². The first-order chi connectivity index (χ1) is 9.97. The second-order valence-corrected chi connectivity index (χ2v) is 6.42. The van der Waals surface area contributed by atoms with Gasteiger partial charge in [-0.3, -0.25) is 9.69 Å². The minimum Gasteiger partial charge on any atom is -0.336 e. The Labute approximate surface area is 133 Å². The molecular formula is C15H21BrFN3O. The van der Waals surface area contributed by atoms with Crippen LogP contribution in [0.4, 0.5) is 4.39 Å². The quantitative estimate of drug-likeness (QED) is 0.823. The summed E-state index contributed by atoms with van der Waals surface area (Å²) in [5.74, 6) is -0.374. The molecule has 1 fully saturated rings. The summed E-state index contributed by atoms with van der Waals surface area (Å²) in [5.41, 5.74) is 0.526. The molecule has 4 nitrogen and oxygen atoms in total. The summed E-state index contributed by atoms with van der Waals surface area (Å²) in [6, 6.07) is 4.20. The largest absolute Gasteiger partial charge is 0.336 e. The zero-order chi connectivity index (χ0) is 15.4. The number of benzene rings is 1. The van der Waals surface area contributed by atoms with Crippen LogP contribution in [0.2, 0.25) is 0 Å². The molecule has 6 heteroatoms. The summed E-state index contributed by atoms with van der Waals surface area (Å²) >= 11 is 3.26. The summed E-state index contributed by atoms with van der Waals surface area (Å²) in [6.07, 6.45) is 0. The van der Waals surface area contributed by atoms with Crippen molar-refractivity contribution in [2.45, 2.75) is 0 Å². The fraction of sp³-hybridized carbons (Fsp3) is 0.533. The van der Waals surface area contributed by atoms with E-state index in [9.17, 15) is 9.18 Å². The Balaban J connectivity index is 1.91. The average Bonchev–Trinajstić information content (AvgIpc) is 2.45. The van der Waals surface area contributed by atoms with Gasteiger partial charge in [-0.25, -0.2) is 4.39 Å². The van der Waals surface area contributed by atoms with Crippen LogP contribution in [-0.2, 0) is 0 Å². The average molecular weight is 358 g/mol. The van der Waals surface area contributed by atoms with Crippen LogP contribution in [0.15, 0.2) is 22.7 Å². The lowest BCUT2D eigenvalue weighted by molar-refractivity contribution is 0.0629. The number of nitrogens with zero attached hydrogens (tertiary/aromatic N) is 3. The maximum atomic E-state index is 13.1. The first-order valence-corrected chi connectivity index (χ1v) is 7.88. The highest BCUT2D eigenvalue weighted by Gasteiger charge is 2.23. The fourth-order valence-electron chi connectivity index (χ4n) is 2.35. The van der Waals surface area contributed by atoms with E-state index in [1.165, 1.54) is 12.1 Å². The van der Waals surface area contributed by atoms with Gasteiger partial charge in [0, 0.05) is 43.7 Å². The van der Waals surface area contributed by atoms with E-state index < -0.39 is 0 Å². The molecule has 0 radical (unpaired) electrons. The highest BCUT2D eigenvalue weighted by Crippen LogP contribution is 2.20. The van der Waals surface area contributed by atoms with Gasteiger partial charge in [0.1, 0.15) is 5.82 Å². The van der Waals surface area contributed by atoms with Crippen molar-refractivity contribution in [1.29, 1.82) is 0 Å². The third kappa shape index (κ3) is 4.49. The Hall–Kier alpha value is -0.980. The predicted octanol–water partition coefficient (Wildman–Crippen LogP) is 1.91. The van der Waals surface area contributed by atoms with Gasteiger partial charge in [-0.15, -0.1) is 0 Å². The van der Waals surface area contributed by atoms with Crippen molar-refractivity contribution < 1.29 is 9.18 Å². The SMILES string of the molecule is CN(C)CCN1CCN(C(=O)c2ccc(F)cc2Br)CC1. The van der Waals surface area contributed by atoms with Crippen molar-refractivity contribution in [3.63, 3.8) is 0 Å². The molecule has 116 valence electrons. The van der Waals surface area contributed by atoms with Gasteiger partial charge in [0.2, 0.25) is 0 Å². The number of amides is 1. The van der Waals surface area contributed by atoms with E-state index in [2.05, 4.69) is 39.8 Å². The van der Waals surface area contributed by atoms with Gasteiger partial charge in [0.15, 0.2) is 0 Å². The summed E-state index contributed by atoms with van der Waals surface area (Å²) in [6.45, 7) is 5.26. The molecule has 0 aromatic heterocycles. The molecule has 21 heavy (non-hydrogen) atoms. The number of carbonyl (C=O) groups is 1. The lowest BCUT2D eigenvalue weighted by atomic mass is 10.1. The Morgan fingerprint density at radius 1 is 1.29 bits per heavy atom. The third-order valence-corrected chi connectivity index (χ3v) is 4.34. The predicted molar refractivity (Wildman–Crippen MR) is 85.0 cm³/mol. The number of carbonyl (C=O) groups excluding carboxylic acids is 1. The molecule has 2 rings (SSSR count). The molecule has 0 aliphatic carbocycles. The first-order valence-electron chi connectivity index (χ1n) is 7.09. The normalized spacial score (nSPS) is 16.5. The number of halogens is 2. The Kier molecular flexibility index (Phi) is 5.72.